The standard InChI is InChI=1S/C16H23ClFNO3S/c1-12(19-23(20,21)10-4-9-17)13-7-8-15(18)16(11-13)22-14-5-2-3-6-14/h7-8,11-12,14,19H,2-6,9-10H2,1H3. The number of alkyl halides is 1. The lowest BCUT2D eigenvalue weighted by Crippen LogP contribution is -2.29. The average molecular weight is 364 g/mol. The molecule has 0 aliphatic heterocycles. The van der Waals surface area contributed by atoms with Gasteiger partial charge in [-0.25, -0.2) is 17.5 Å². The van der Waals surface area contributed by atoms with Gasteiger partial charge < -0.3 is 4.74 Å². The molecule has 0 heterocycles. The minimum atomic E-state index is -3.41. The normalized spacial score (nSPS) is 17.3. The molecule has 1 unspecified atom stereocenters. The SMILES string of the molecule is CC(NS(=O)(=O)CCCCl)c1ccc(F)c(OC2CCCC2)c1. The Morgan fingerprint density at radius 2 is 2.09 bits per heavy atom. The first-order chi connectivity index (χ1) is 10.9. The maximum absolute atomic E-state index is 13.9. The zero-order chi connectivity index (χ0) is 16.9. The molecule has 0 amide bonds. The van der Waals surface area contributed by atoms with Crippen LogP contribution >= 0.6 is 11.6 Å². The summed E-state index contributed by atoms with van der Waals surface area (Å²) < 4.78 is 46.1. The third-order valence-corrected chi connectivity index (χ3v) is 5.76. The van der Waals surface area contributed by atoms with Gasteiger partial charge in [0.05, 0.1) is 11.9 Å². The molecule has 1 N–H and O–H groups in total. The number of hydrogen-bond acceptors (Lipinski definition) is 3. The van der Waals surface area contributed by atoms with Gasteiger partial charge in [-0.3, -0.25) is 0 Å². The van der Waals surface area contributed by atoms with Crippen LogP contribution in [0.15, 0.2) is 18.2 Å². The predicted octanol–water partition coefficient (Wildman–Crippen LogP) is 3.76. The van der Waals surface area contributed by atoms with Gasteiger partial charge in [0.1, 0.15) is 0 Å². The van der Waals surface area contributed by atoms with E-state index < -0.39 is 21.9 Å². The third kappa shape index (κ3) is 5.62. The van der Waals surface area contributed by atoms with Crippen molar-refractivity contribution >= 4 is 21.6 Å². The van der Waals surface area contributed by atoms with Gasteiger partial charge in [0.25, 0.3) is 0 Å². The Kier molecular flexibility index (Phi) is 6.68. The Bertz CT molecular complexity index is 618. The Balaban J connectivity index is 2.06. The van der Waals surface area contributed by atoms with E-state index in [0.29, 0.717) is 17.9 Å². The fourth-order valence-corrected chi connectivity index (χ4v) is 4.32. The molecule has 1 aromatic carbocycles. The summed E-state index contributed by atoms with van der Waals surface area (Å²) in [5.41, 5.74) is 0.675. The monoisotopic (exact) mass is 363 g/mol. The van der Waals surface area contributed by atoms with Crippen molar-refractivity contribution in [2.45, 2.75) is 51.2 Å². The molecule has 4 nitrogen and oxygen atoms in total. The predicted molar refractivity (Wildman–Crippen MR) is 90.0 cm³/mol. The van der Waals surface area contributed by atoms with Gasteiger partial charge in [0, 0.05) is 11.9 Å². The molecule has 1 atom stereocenters. The molecule has 1 fully saturated rings. The van der Waals surface area contributed by atoms with Crippen LogP contribution in [0.1, 0.15) is 50.6 Å². The second-order valence-corrected chi connectivity index (χ2v) is 8.17. The summed E-state index contributed by atoms with van der Waals surface area (Å²) in [6.07, 6.45) is 4.51. The summed E-state index contributed by atoms with van der Waals surface area (Å²) in [6, 6.07) is 4.03. The van der Waals surface area contributed by atoms with Crippen molar-refractivity contribution < 1.29 is 17.5 Å². The van der Waals surface area contributed by atoms with Crippen LogP contribution in [-0.4, -0.2) is 26.2 Å². The fraction of sp³-hybridized carbons (Fsp3) is 0.625. The summed E-state index contributed by atoms with van der Waals surface area (Å²) in [5.74, 6) is 0.0534. The van der Waals surface area contributed by atoms with Crippen LogP contribution in [-0.2, 0) is 10.0 Å². The molecular weight excluding hydrogens is 341 g/mol. The van der Waals surface area contributed by atoms with Gasteiger partial charge in [-0.2, -0.15) is 0 Å². The van der Waals surface area contributed by atoms with Gasteiger partial charge >= 0.3 is 0 Å². The Labute approximate surface area is 142 Å². The molecule has 0 spiro atoms. The molecule has 0 radical (unpaired) electrons. The van der Waals surface area contributed by atoms with Gasteiger partial charge in [0.15, 0.2) is 11.6 Å². The Morgan fingerprint density at radius 1 is 1.39 bits per heavy atom. The summed E-state index contributed by atoms with van der Waals surface area (Å²) >= 11 is 5.53. The van der Waals surface area contributed by atoms with E-state index in [4.69, 9.17) is 16.3 Å². The van der Waals surface area contributed by atoms with E-state index in [1.165, 1.54) is 6.07 Å². The van der Waals surface area contributed by atoms with Crippen LogP contribution in [0.25, 0.3) is 0 Å². The van der Waals surface area contributed by atoms with Gasteiger partial charge in [-0.15, -0.1) is 11.6 Å². The van der Waals surface area contributed by atoms with Crippen LogP contribution in [0.4, 0.5) is 4.39 Å². The molecule has 2 rings (SSSR count). The van der Waals surface area contributed by atoms with Gasteiger partial charge in [-0.1, -0.05) is 6.07 Å². The van der Waals surface area contributed by atoms with Crippen LogP contribution in [0.3, 0.4) is 0 Å². The number of benzene rings is 1. The lowest BCUT2D eigenvalue weighted by atomic mass is 10.1. The van der Waals surface area contributed by atoms with E-state index in [9.17, 15) is 12.8 Å². The molecule has 1 aliphatic rings. The van der Waals surface area contributed by atoms with Crippen LogP contribution in [0, 0.1) is 5.82 Å². The first-order valence-electron chi connectivity index (χ1n) is 7.93. The Morgan fingerprint density at radius 3 is 2.74 bits per heavy atom. The molecule has 1 aromatic rings. The molecular formula is C16H23ClFNO3S. The first-order valence-corrected chi connectivity index (χ1v) is 10.1. The van der Waals surface area contributed by atoms with Crippen molar-refractivity contribution in [3.63, 3.8) is 0 Å². The van der Waals surface area contributed by atoms with E-state index in [0.717, 1.165) is 25.7 Å². The highest BCUT2D eigenvalue weighted by Gasteiger charge is 2.20. The second-order valence-electron chi connectivity index (χ2n) is 5.92. The maximum atomic E-state index is 13.9. The summed E-state index contributed by atoms with van der Waals surface area (Å²) in [6.45, 7) is 1.73. The summed E-state index contributed by atoms with van der Waals surface area (Å²) in [7, 11) is -3.41. The number of nitrogens with one attached hydrogen (secondary N) is 1. The smallest absolute Gasteiger partial charge is 0.212 e. The largest absolute Gasteiger partial charge is 0.487 e. The van der Waals surface area contributed by atoms with Crippen LogP contribution < -0.4 is 9.46 Å². The maximum Gasteiger partial charge on any atom is 0.212 e. The van der Waals surface area contributed by atoms with E-state index in [1.54, 1.807) is 19.1 Å². The molecule has 0 aromatic heterocycles. The zero-order valence-electron chi connectivity index (χ0n) is 13.2. The van der Waals surface area contributed by atoms with Crippen molar-refractivity contribution in [3.05, 3.63) is 29.6 Å². The quantitative estimate of drug-likeness (QED) is 0.715. The average Bonchev–Trinajstić information content (AvgIpc) is 3.00. The van der Waals surface area contributed by atoms with Gasteiger partial charge in [0.2, 0.25) is 10.0 Å². The zero-order valence-corrected chi connectivity index (χ0v) is 14.8. The summed E-state index contributed by atoms with van der Waals surface area (Å²) in [4.78, 5) is 0. The van der Waals surface area contributed by atoms with E-state index in [-0.39, 0.29) is 17.6 Å². The number of rotatable bonds is 8. The highest BCUT2D eigenvalue weighted by Crippen LogP contribution is 2.28. The highest BCUT2D eigenvalue weighted by molar-refractivity contribution is 7.89. The van der Waals surface area contributed by atoms with Crippen LogP contribution in [0.2, 0.25) is 0 Å². The van der Waals surface area contributed by atoms with Crippen molar-refractivity contribution in [3.8, 4) is 5.75 Å². The van der Waals surface area contributed by atoms with E-state index >= 15 is 0 Å². The molecule has 1 aliphatic carbocycles. The van der Waals surface area contributed by atoms with E-state index in [1.807, 2.05) is 0 Å². The molecule has 1 saturated carbocycles. The molecule has 7 heteroatoms. The fourth-order valence-electron chi connectivity index (χ4n) is 2.71. The lowest BCUT2D eigenvalue weighted by molar-refractivity contribution is 0.200. The summed E-state index contributed by atoms with van der Waals surface area (Å²) in [5, 5.41) is 0. The van der Waals surface area contributed by atoms with Crippen molar-refractivity contribution in [2.75, 3.05) is 11.6 Å². The second kappa shape index (κ2) is 8.31. The van der Waals surface area contributed by atoms with Crippen molar-refractivity contribution in [1.29, 1.82) is 0 Å². The third-order valence-electron chi connectivity index (χ3n) is 3.95. The molecule has 23 heavy (non-hydrogen) atoms. The lowest BCUT2D eigenvalue weighted by Gasteiger charge is -2.18. The topological polar surface area (TPSA) is 55.4 Å². The minimum Gasteiger partial charge on any atom is -0.487 e. The van der Waals surface area contributed by atoms with Crippen molar-refractivity contribution in [1.82, 2.24) is 4.72 Å². The van der Waals surface area contributed by atoms with E-state index in [2.05, 4.69) is 4.72 Å². The van der Waals surface area contributed by atoms with Crippen molar-refractivity contribution in [2.24, 2.45) is 0 Å². The van der Waals surface area contributed by atoms with Gasteiger partial charge in [-0.05, 0) is 56.7 Å². The Hall–Kier alpha value is -0.850. The molecule has 0 saturated heterocycles. The molecule has 0 bridgehead atoms. The minimum absolute atomic E-state index is 0.0204. The number of ether oxygens (including phenoxy) is 1. The molecule has 130 valence electrons. The number of sulfonamides is 1. The first kappa shape index (κ1) is 18.5. The van der Waals surface area contributed by atoms with Crippen LogP contribution in [0.5, 0.6) is 5.75 Å². The number of hydrogen-bond donors (Lipinski definition) is 1. The number of halogens is 2. The highest BCUT2D eigenvalue weighted by atomic mass is 35.5.